The Morgan fingerprint density at radius 1 is 1.00 bits per heavy atom. The van der Waals surface area contributed by atoms with E-state index in [1.54, 1.807) is 16.8 Å². The lowest BCUT2D eigenvalue weighted by Gasteiger charge is -2.25. The lowest BCUT2D eigenvalue weighted by molar-refractivity contribution is 0.0808. The van der Waals surface area contributed by atoms with E-state index >= 15 is 0 Å². The number of aromatic nitrogens is 2. The van der Waals surface area contributed by atoms with Crippen molar-refractivity contribution in [2.75, 3.05) is 0 Å². The van der Waals surface area contributed by atoms with Gasteiger partial charge >= 0.3 is 0 Å². The van der Waals surface area contributed by atoms with Crippen molar-refractivity contribution in [2.24, 2.45) is 11.1 Å². The Kier molecular flexibility index (Phi) is 5.54. The summed E-state index contributed by atoms with van der Waals surface area (Å²) in [4.78, 5) is 0.0529. The first kappa shape index (κ1) is 19.8. The van der Waals surface area contributed by atoms with Crippen LogP contribution in [0.2, 0.25) is 0 Å². The number of nitrogens with zero attached hydrogens (tertiary/aromatic N) is 2. The molecule has 3 N–H and O–H groups in total. The molecule has 0 bridgehead atoms. The van der Waals surface area contributed by atoms with Gasteiger partial charge in [-0.15, -0.1) is 0 Å². The molecule has 152 valence electrons. The first-order valence-corrected chi connectivity index (χ1v) is 11.4. The molecule has 29 heavy (non-hydrogen) atoms. The second-order valence-electron chi connectivity index (χ2n) is 7.61. The molecule has 0 aliphatic heterocycles. The summed E-state index contributed by atoms with van der Waals surface area (Å²) in [5.74, 6) is 0.223. The molecule has 0 radical (unpaired) electrons. The van der Waals surface area contributed by atoms with Gasteiger partial charge in [0.2, 0.25) is 10.0 Å². The topological polar surface area (TPSA) is 98.2 Å². The number of sulfonamides is 1. The highest BCUT2D eigenvalue weighted by atomic mass is 32.2. The van der Waals surface area contributed by atoms with Crippen LogP contribution in [-0.4, -0.2) is 23.3 Å². The van der Waals surface area contributed by atoms with Gasteiger partial charge in [0, 0.05) is 5.56 Å². The Balaban J connectivity index is 1.76. The third-order valence-electron chi connectivity index (χ3n) is 5.61. The maximum absolute atomic E-state index is 11.6. The van der Waals surface area contributed by atoms with E-state index < -0.39 is 16.1 Å². The monoisotopic (exact) mass is 411 g/mol. The lowest BCUT2D eigenvalue weighted by Crippen LogP contribution is -2.16. The third-order valence-corrected chi connectivity index (χ3v) is 6.54. The third kappa shape index (κ3) is 4.27. The molecular weight excluding hydrogens is 386 g/mol. The standard InChI is InChI=1S/C22H25N3O3S/c23-29(27,28)19-13-11-18(12-14-19)25-21(16-7-3-1-4-8-16)15-20(24-25)22(26)17-9-5-2-6-10-17/h1,3-4,7-8,11-15,17,22,26H,2,5-6,9-10H2,(H2,23,27,28). The normalized spacial score (nSPS) is 16.6. The van der Waals surface area contributed by atoms with Crippen LogP contribution in [0.25, 0.3) is 16.9 Å². The van der Waals surface area contributed by atoms with Gasteiger partial charge in [-0.25, -0.2) is 18.2 Å². The van der Waals surface area contributed by atoms with E-state index in [9.17, 15) is 13.5 Å². The SMILES string of the molecule is NS(=O)(=O)c1ccc(-n2nc(C(O)C3CCCCC3)cc2-c2ccccc2)cc1. The van der Waals surface area contributed by atoms with Crippen molar-refractivity contribution in [3.05, 3.63) is 66.4 Å². The van der Waals surface area contributed by atoms with Gasteiger partial charge in [-0.05, 0) is 49.1 Å². The van der Waals surface area contributed by atoms with Gasteiger partial charge in [-0.2, -0.15) is 5.10 Å². The molecule has 1 aromatic heterocycles. The van der Waals surface area contributed by atoms with E-state index in [2.05, 4.69) is 0 Å². The fourth-order valence-corrected chi connectivity index (χ4v) is 4.54. The molecule has 1 atom stereocenters. The summed E-state index contributed by atoms with van der Waals surface area (Å²) in [6.45, 7) is 0. The van der Waals surface area contributed by atoms with Crippen LogP contribution in [0.15, 0.2) is 65.6 Å². The van der Waals surface area contributed by atoms with Crippen molar-refractivity contribution in [2.45, 2.75) is 43.1 Å². The zero-order valence-corrected chi connectivity index (χ0v) is 16.9. The van der Waals surface area contributed by atoms with Gasteiger partial charge in [0.25, 0.3) is 0 Å². The van der Waals surface area contributed by atoms with E-state index in [0.717, 1.165) is 36.9 Å². The van der Waals surface area contributed by atoms with Crippen LogP contribution in [0, 0.1) is 5.92 Å². The molecule has 3 aromatic rings. The molecule has 0 spiro atoms. The summed E-state index contributed by atoms with van der Waals surface area (Å²) in [5, 5.41) is 20.9. The molecular formula is C22H25N3O3S. The predicted octanol–water partition coefficient (Wildman–Crippen LogP) is 3.80. The highest BCUT2D eigenvalue weighted by Crippen LogP contribution is 2.36. The maximum Gasteiger partial charge on any atom is 0.238 e. The van der Waals surface area contributed by atoms with Crippen LogP contribution in [0.5, 0.6) is 0 Å². The molecule has 1 unspecified atom stereocenters. The van der Waals surface area contributed by atoms with Crippen LogP contribution in [0.3, 0.4) is 0 Å². The minimum Gasteiger partial charge on any atom is -0.386 e. The summed E-state index contributed by atoms with van der Waals surface area (Å²) in [6, 6.07) is 18.1. The molecule has 4 rings (SSSR count). The van der Waals surface area contributed by atoms with E-state index in [1.807, 2.05) is 36.4 Å². The van der Waals surface area contributed by atoms with Crippen molar-refractivity contribution in [3.8, 4) is 16.9 Å². The predicted molar refractivity (Wildman–Crippen MR) is 112 cm³/mol. The van der Waals surface area contributed by atoms with Gasteiger partial charge in [0.1, 0.15) is 6.10 Å². The van der Waals surface area contributed by atoms with Gasteiger partial charge in [-0.3, -0.25) is 0 Å². The van der Waals surface area contributed by atoms with Gasteiger partial charge in [0.05, 0.1) is 22.0 Å². The number of aliphatic hydroxyl groups excluding tert-OH is 1. The van der Waals surface area contributed by atoms with Crippen molar-refractivity contribution >= 4 is 10.0 Å². The van der Waals surface area contributed by atoms with Crippen LogP contribution >= 0.6 is 0 Å². The summed E-state index contributed by atoms with van der Waals surface area (Å²) in [5.41, 5.74) is 3.17. The summed E-state index contributed by atoms with van der Waals surface area (Å²) < 4.78 is 24.9. The summed E-state index contributed by atoms with van der Waals surface area (Å²) >= 11 is 0. The largest absolute Gasteiger partial charge is 0.386 e. The highest BCUT2D eigenvalue weighted by Gasteiger charge is 2.26. The van der Waals surface area contributed by atoms with Crippen molar-refractivity contribution < 1.29 is 13.5 Å². The fourth-order valence-electron chi connectivity index (χ4n) is 4.02. The smallest absolute Gasteiger partial charge is 0.238 e. The molecule has 1 aliphatic rings. The number of hydrogen-bond donors (Lipinski definition) is 2. The van der Waals surface area contributed by atoms with E-state index in [4.69, 9.17) is 10.2 Å². The quantitative estimate of drug-likeness (QED) is 0.667. The Hall–Kier alpha value is -2.48. The number of primary sulfonamides is 1. The zero-order chi connectivity index (χ0) is 20.4. The molecule has 1 aliphatic carbocycles. The first-order valence-electron chi connectivity index (χ1n) is 9.90. The molecule has 6 nitrogen and oxygen atoms in total. The molecule has 0 amide bonds. The number of benzene rings is 2. The minimum atomic E-state index is -3.76. The second kappa shape index (κ2) is 8.10. The van der Waals surface area contributed by atoms with Crippen LogP contribution in [0.1, 0.15) is 43.9 Å². The molecule has 1 heterocycles. The molecule has 7 heteroatoms. The average molecular weight is 412 g/mol. The van der Waals surface area contributed by atoms with Crippen LogP contribution in [-0.2, 0) is 10.0 Å². The minimum absolute atomic E-state index is 0.0529. The Morgan fingerprint density at radius 3 is 2.28 bits per heavy atom. The van der Waals surface area contributed by atoms with Gasteiger partial charge in [-0.1, -0.05) is 49.6 Å². The molecule has 1 fully saturated rings. The second-order valence-corrected chi connectivity index (χ2v) is 9.18. The Bertz CT molecular complexity index is 1070. The average Bonchev–Trinajstić information content (AvgIpc) is 3.19. The number of rotatable bonds is 5. The van der Waals surface area contributed by atoms with Gasteiger partial charge < -0.3 is 5.11 Å². The van der Waals surface area contributed by atoms with E-state index in [0.29, 0.717) is 11.4 Å². The van der Waals surface area contributed by atoms with Crippen LogP contribution in [0.4, 0.5) is 0 Å². The van der Waals surface area contributed by atoms with Crippen molar-refractivity contribution in [1.82, 2.24) is 9.78 Å². The highest BCUT2D eigenvalue weighted by molar-refractivity contribution is 7.89. The van der Waals surface area contributed by atoms with Gasteiger partial charge in [0.15, 0.2) is 0 Å². The first-order chi connectivity index (χ1) is 13.9. The number of hydrogen-bond acceptors (Lipinski definition) is 4. The number of aliphatic hydroxyl groups is 1. The van der Waals surface area contributed by atoms with Crippen LogP contribution < -0.4 is 5.14 Å². The van der Waals surface area contributed by atoms with Crippen molar-refractivity contribution in [1.29, 1.82) is 0 Å². The Labute approximate surface area is 171 Å². The zero-order valence-electron chi connectivity index (χ0n) is 16.1. The lowest BCUT2D eigenvalue weighted by atomic mass is 9.84. The Morgan fingerprint density at radius 2 is 1.66 bits per heavy atom. The maximum atomic E-state index is 11.6. The molecule has 1 saturated carbocycles. The summed E-state index contributed by atoms with van der Waals surface area (Å²) in [7, 11) is -3.76. The molecule has 0 saturated heterocycles. The number of nitrogens with two attached hydrogens (primary N) is 1. The van der Waals surface area contributed by atoms with E-state index in [1.165, 1.54) is 18.6 Å². The summed E-state index contributed by atoms with van der Waals surface area (Å²) in [6.07, 6.45) is 4.92. The molecule has 2 aromatic carbocycles. The fraction of sp³-hybridized carbons (Fsp3) is 0.318. The van der Waals surface area contributed by atoms with Crippen molar-refractivity contribution in [3.63, 3.8) is 0 Å². The van der Waals surface area contributed by atoms with E-state index in [-0.39, 0.29) is 10.8 Å².